The van der Waals surface area contributed by atoms with Crippen LogP contribution < -0.4 is 0 Å². The molecule has 0 aliphatic carbocycles. The summed E-state index contributed by atoms with van der Waals surface area (Å²) in [5.41, 5.74) is 1.75. The van der Waals surface area contributed by atoms with Gasteiger partial charge in [-0.05, 0) is 29.8 Å². The molecule has 1 aromatic heterocycles. The Morgan fingerprint density at radius 1 is 1.12 bits per heavy atom. The molecule has 0 saturated carbocycles. The van der Waals surface area contributed by atoms with Crippen molar-refractivity contribution in [3.63, 3.8) is 0 Å². The Hall–Kier alpha value is -1.87. The molecule has 0 unspecified atom stereocenters. The molecule has 1 aromatic carbocycles. The van der Waals surface area contributed by atoms with E-state index in [1.165, 1.54) is 11.8 Å². The molecule has 0 saturated heterocycles. The van der Waals surface area contributed by atoms with Gasteiger partial charge in [-0.15, -0.1) is 0 Å². The second-order valence-electron chi connectivity index (χ2n) is 3.72. The van der Waals surface area contributed by atoms with Gasteiger partial charge in [-0.1, -0.05) is 30.0 Å². The molecular formula is C14H9NOS. The fourth-order valence-electron chi connectivity index (χ4n) is 1.75. The van der Waals surface area contributed by atoms with Crippen LogP contribution in [0.25, 0.3) is 6.08 Å². The summed E-state index contributed by atoms with van der Waals surface area (Å²) < 4.78 is 0. The summed E-state index contributed by atoms with van der Waals surface area (Å²) in [5, 5.41) is 0. The lowest BCUT2D eigenvalue weighted by atomic mass is 10.1. The first-order valence-electron chi connectivity index (χ1n) is 5.28. The molecule has 1 aliphatic rings. The van der Waals surface area contributed by atoms with Crippen molar-refractivity contribution >= 4 is 23.6 Å². The van der Waals surface area contributed by atoms with Crippen LogP contribution in [0.3, 0.4) is 0 Å². The van der Waals surface area contributed by atoms with Crippen molar-refractivity contribution in [1.82, 2.24) is 4.98 Å². The van der Waals surface area contributed by atoms with Crippen molar-refractivity contribution in [3.05, 3.63) is 64.8 Å². The number of hydrogen-bond donors (Lipinski definition) is 0. The molecule has 17 heavy (non-hydrogen) atoms. The van der Waals surface area contributed by atoms with E-state index in [0.29, 0.717) is 0 Å². The van der Waals surface area contributed by atoms with Crippen LogP contribution in [0.2, 0.25) is 0 Å². The van der Waals surface area contributed by atoms with Crippen LogP contribution in [0, 0.1) is 0 Å². The Morgan fingerprint density at radius 3 is 2.76 bits per heavy atom. The number of Topliss-reactive ketones (excluding diaryl/α,β-unsaturated/α-hetero) is 1. The lowest BCUT2D eigenvalue weighted by Crippen LogP contribution is -1.93. The Labute approximate surface area is 103 Å². The van der Waals surface area contributed by atoms with Gasteiger partial charge >= 0.3 is 0 Å². The minimum atomic E-state index is 0.106. The number of nitrogens with zero attached hydrogens (tertiary/aromatic N) is 1. The van der Waals surface area contributed by atoms with E-state index in [0.717, 1.165) is 20.9 Å². The monoisotopic (exact) mass is 239 g/mol. The predicted octanol–water partition coefficient (Wildman–Crippen LogP) is 3.41. The van der Waals surface area contributed by atoms with Crippen LogP contribution in [0.1, 0.15) is 15.9 Å². The molecule has 0 N–H and O–H groups in total. The van der Waals surface area contributed by atoms with Gasteiger partial charge in [0.15, 0.2) is 0 Å². The molecule has 0 fully saturated rings. The Bertz CT molecular complexity index is 605. The highest BCUT2D eigenvalue weighted by atomic mass is 32.2. The van der Waals surface area contributed by atoms with E-state index in [2.05, 4.69) is 4.98 Å². The van der Waals surface area contributed by atoms with Crippen molar-refractivity contribution in [2.24, 2.45) is 0 Å². The minimum absolute atomic E-state index is 0.106. The molecule has 2 heterocycles. The Balaban J connectivity index is 2.00. The number of thioether (sulfide) groups is 1. The van der Waals surface area contributed by atoms with E-state index in [-0.39, 0.29) is 5.78 Å². The first-order valence-corrected chi connectivity index (χ1v) is 6.09. The normalized spacial score (nSPS) is 16.2. The zero-order chi connectivity index (χ0) is 11.7. The SMILES string of the molecule is O=C1C(=Cc2cccnc2)Sc2ccccc21. The topological polar surface area (TPSA) is 30.0 Å². The standard InChI is InChI=1S/C14H9NOS/c16-14-11-5-1-2-6-12(11)17-13(14)8-10-4-3-7-15-9-10/h1-9H. The van der Waals surface area contributed by atoms with Gasteiger partial charge in [0, 0.05) is 22.9 Å². The number of carbonyl (C=O) groups is 1. The summed E-state index contributed by atoms with van der Waals surface area (Å²) >= 11 is 1.52. The quantitative estimate of drug-likeness (QED) is 0.714. The second-order valence-corrected chi connectivity index (χ2v) is 4.81. The van der Waals surface area contributed by atoms with Crippen molar-refractivity contribution in [2.45, 2.75) is 4.90 Å². The smallest absolute Gasteiger partial charge is 0.200 e. The van der Waals surface area contributed by atoms with E-state index in [9.17, 15) is 4.79 Å². The van der Waals surface area contributed by atoms with E-state index in [1.807, 2.05) is 42.5 Å². The average molecular weight is 239 g/mol. The Kier molecular flexibility index (Phi) is 2.53. The highest BCUT2D eigenvalue weighted by Crippen LogP contribution is 2.40. The number of benzene rings is 1. The van der Waals surface area contributed by atoms with Gasteiger partial charge in [-0.2, -0.15) is 0 Å². The van der Waals surface area contributed by atoms with Crippen LogP contribution in [0.15, 0.2) is 58.6 Å². The molecule has 0 spiro atoms. The number of rotatable bonds is 1. The molecule has 3 rings (SSSR count). The average Bonchev–Trinajstić information content (AvgIpc) is 2.68. The maximum absolute atomic E-state index is 12.1. The molecule has 1 aliphatic heterocycles. The van der Waals surface area contributed by atoms with Crippen LogP contribution in [0.5, 0.6) is 0 Å². The van der Waals surface area contributed by atoms with Crippen LogP contribution in [-0.4, -0.2) is 10.8 Å². The molecule has 2 nitrogen and oxygen atoms in total. The zero-order valence-electron chi connectivity index (χ0n) is 8.96. The number of carbonyl (C=O) groups excluding carboxylic acids is 1. The van der Waals surface area contributed by atoms with Gasteiger partial charge in [0.1, 0.15) is 0 Å². The van der Waals surface area contributed by atoms with Crippen molar-refractivity contribution in [2.75, 3.05) is 0 Å². The maximum atomic E-state index is 12.1. The lowest BCUT2D eigenvalue weighted by Gasteiger charge is -1.94. The van der Waals surface area contributed by atoms with Crippen molar-refractivity contribution in [1.29, 1.82) is 0 Å². The first kappa shape index (κ1) is 10.3. The van der Waals surface area contributed by atoms with E-state index >= 15 is 0 Å². The zero-order valence-corrected chi connectivity index (χ0v) is 9.78. The minimum Gasteiger partial charge on any atom is -0.288 e. The molecule has 82 valence electrons. The van der Waals surface area contributed by atoms with Gasteiger partial charge in [0.05, 0.1) is 4.91 Å². The summed E-state index contributed by atoms with van der Waals surface area (Å²) in [5.74, 6) is 0.106. The van der Waals surface area contributed by atoms with Crippen LogP contribution in [0.4, 0.5) is 0 Å². The third kappa shape index (κ3) is 1.89. The van der Waals surface area contributed by atoms with Crippen molar-refractivity contribution in [3.8, 4) is 0 Å². The number of ketones is 1. The molecule has 0 radical (unpaired) electrons. The summed E-state index contributed by atoms with van der Waals surface area (Å²) in [4.78, 5) is 17.9. The van der Waals surface area contributed by atoms with E-state index in [4.69, 9.17) is 0 Å². The fourth-order valence-corrected chi connectivity index (χ4v) is 2.80. The van der Waals surface area contributed by atoms with Gasteiger partial charge in [0.25, 0.3) is 0 Å². The second kappa shape index (κ2) is 4.18. The van der Waals surface area contributed by atoms with E-state index in [1.54, 1.807) is 12.4 Å². The maximum Gasteiger partial charge on any atom is 0.200 e. The molecule has 3 heteroatoms. The predicted molar refractivity (Wildman–Crippen MR) is 68.8 cm³/mol. The van der Waals surface area contributed by atoms with Gasteiger partial charge < -0.3 is 0 Å². The lowest BCUT2D eigenvalue weighted by molar-refractivity contribution is 0.104. The molecular weight excluding hydrogens is 230 g/mol. The van der Waals surface area contributed by atoms with Gasteiger partial charge in [0.2, 0.25) is 5.78 Å². The van der Waals surface area contributed by atoms with E-state index < -0.39 is 0 Å². The summed E-state index contributed by atoms with van der Waals surface area (Å²) in [6.45, 7) is 0. The molecule has 0 bridgehead atoms. The molecule has 2 aromatic rings. The van der Waals surface area contributed by atoms with Crippen LogP contribution in [-0.2, 0) is 0 Å². The number of hydrogen-bond acceptors (Lipinski definition) is 3. The number of aromatic nitrogens is 1. The summed E-state index contributed by atoms with van der Waals surface area (Å²) in [6, 6.07) is 11.5. The van der Waals surface area contributed by atoms with Gasteiger partial charge in [-0.3, -0.25) is 9.78 Å². The largest absolute Gasteiger partial charge is 0.288 e. The number of fused-ring (bicyclic) bond motifs is 1. The number of allylic oxidation sites excluding steroid dienone is 1. The summed E-state index contributed by atoms with van der Waals surface area (Å²) in [7, 11) is 0. The molecule has 0 atom stereocenters. The van der Waals surface area contributed by atoms with Crippen molar-refractivity contribution < 1.29 is 4.79 Å². The Morgan fingerprint density at radius 2 is 2.00 bits per heavy atom. The summed E-state index contributed by atoms with van der Waals surface area (Å²) in [6.07, 6.45) is 5.37. The highest BCUT2D eigenvalue weighted by Gasteiger charge is 2.24. The van der Waals surface area contributed by atoms with Gasteiger partial charge in [-0.25, -0.2) is 0 Å². The third-order valence-electron chi connectivity index (χ3n) is 2.56. The highest BCUT2D eigenvalue weighted by molar-refractivity contribution is 8.04. The third-order valence-corrected chi connectivity index (χ3v) is 3.66. The number of pyridine rings is 1. The molecule has 0 amide bonds. The van der Waals surface area contributed by atoms with Crippen LogP contribution >= 0.6 is 11.8 Å². The first-order chi connectivity index (χ1) is 8.34. The fraction of sp³-hybridized carbons (Fsp3) is 0.